The van der Waals surface area contributed by atoms with Crippen LogP contribution in [0, 0.1) is 13.8 Å². The van der Waals surface area contributed by atoms with Crippen molar-refractivity contribution in [1.82, 2.24) is 9.78 Å². The number of aryl methyl sites for hydroxylation is 3. The summed E-state index contributed by atoms with van der Waals surface area (Å²) < 4.78 is 1.71. The second kappa shape index (κ2) is 6.32. The lowest BCUT2D eigenvalue weighted by Crippen LogP contribution is -2.03. The van der Waals surface area contributed by atoms with Crippen LogP contribution >= 0.6 is 0 Å². The second-order valence-electron chi connectivity index (χ2n) is 6.03. The molecular formula is C20H20N2O2. The molecule has 0 amide bonds. The smallest absolute Gasteiger partial charge is 0.356 e. The topological polar surface area (TPSA) is 55.1 Å². The molecule has 0 atom stereocenters. The molecule has 0 aliphatic carbocycles. The maximum absolute atomic E-state index is 11.4. The highest BCUT2D eigenvalue weighted by molar-refractivity contribution is 5.87. The molecule has 0 unspecified atom stereocenters. The number of rotatable bonds is 4. The van der Waals surface area contributed by atoms with Crippen LogP contribution in [0.1, 0.15) is 34.1 Å². The van der Waals surface area contributed by atoms with E-state index in [4.69, 9.17) is 0 Å². The lowest BCUT2D eigenvalue weighted by atomic mass is 10.1. The van der Waals surface area contributed by atoms with E-state index in [9.17, 15) is 9.90 Å². The van der Waals surface area contributed by atoms with Crippen molar-refractivity contribution in [2.24, 2.45) is 0 Å². The zero-order valence-electron chi connectivity index (χ0n) is 14.1. The first-order valence-electron chi connectivity index (χ1n) is 7.99. The summed E-state index contributed by atoms with van der Waals surface area (Å²) >= 11 is 0. The number of aromatic carboxylic acids is 1. The fourth-order valence-corrected chi connectivity index (χ4v) is 2.87. The van der Waals surface area contributed by atoms with Gasteiger partial charge in [0.05, 0.1) is 11.4 Å². The predicted octanol–water partition coefficient (Wildman–Crippen LogP) is 4.42. The fraction of sp³-hybridized carbons (Fsp3) is 0.200. The van der Waals surface area contributed by atoms with Crippen LogP contribution in [0.25, 0.3) is 16.9 Å². The van der Waals surface area contributed by atoms with E-state index < -0.39 is 5.97 Å². The first-order valence-corrected chi connectivity index (χ1v) is 7.99. The molecule has 2 aromatic carbocycles. The molecule has 3 aromatic rings. The number of benzene rings is 2. The number of carbonyl (C=O) groups is 1. The van der Waals surface area contributed by atoms with Gasteiger partial charge < -0.3 is 5.11 Å². The van der Waals surface area contributed by atoms with Gasteiger partial charge in [-0.3, -0.25) is 0 Å². The highest BCUT2D eigenvalue weighted by atomic mass is 16.4. The summed E-state index contributed by atoms with van der Waals surface area (Å²) in [4.78, 5) is 11.4. The highest BCUT2D eigenvalue weighted by Gasteiger charge is 2.16. The van der Waals surface area contributed by atoms with Crippen molar-refractivity contribution in [2.45, 2.75) is 27.2 Å². The molecule has 0 saturated heterocycles. The summed E-state index contributed by atoms with van der Waals surface area (Å²) in [7, 11) is 0. The molecule has 122 valence electrons. The molecule has 0 aliphatic rings. The molecule has 1 aromatic heterocycles. The number of aromatic nitrogens is 2. The summed E-state index contributed by atoms with van der Waals surface area (Å²) in [5.74, 6) is -1.02. The van der Waals surface area contributed by atoms with Gasteiger partial charge in [0.2, 0.25) is 0 Å². The van der Waals surface area contributed by atoms with Gasteiger partial charge in [-0.05, 0) is 55.2 Å². The van der Waals surface area contributed by atoms with Crippen molar-refractivity contribution in [3.05, 3.63) is 70.9 Å². The van der Waals surface area contributed by atoms with Crippen molar-refractivity contribution in [2.75, 3.05) is 0 Å². The van der Waals surface area contributed by atoms with Crippen LogP contribution in [0.4, 0.5) is 0 Å². The van der Waals surface area contributed by atoms with Gasteiger partial charge >= 0.3 is 5.97 Å². The van der Waals surface area contributed by atoms with Gasteiger partial charge in [-0.25, -0.2) is 9.48 Å². The highest BCUT2D eigenvalue weighted by Crippen LogP contribution is 2.26. The minimum Gasteiger partial charge on any atom is -0.476 e. The first-order chi connectivity index (χ1) is 11.5. The Balaban J connectivity index is 2.18. The van der Waals surface area contributed by atoms with Crippen molar-refractivity contribution in [3.8, 4) is 16.9 Å². The largest absolute Gasteiger partial charge is 0.476 e. The zero-order chi connectivity index (χ0) is 17.3. The quantitative estimate of drug-likeness (QED) is 0.774. The van der Waals surface area contributed by atoms with Crippen LogP contribution in [0.3, 0.4) is 0 Å². The molecule has 4 heteroatoms. The second-order valence-corrected chi connectivity index (χ2v) is 6.03. The Morgan fingerprint density at radius 2 is 1.67 bits per heavy atom. The Bertz CT molecular complexity index is 872. The number of hydrogen-bond donors (Lipinski definition) is 1. The summed E-state index contributed by atoms with van der Waals surface area (Å²) in [5.41, 5.74) is 6.12. The molecule has 0 aliphatic heterocycles. The van der Waals surface area contributed by atoms with Gasteiger partial charge in [0, 0.05) is 5.56 Å². The predicted molar refractivity (Wildman–Crippen MR) is 94.8 cm³/mol. The number of carboxylic acid groups (broad SMARTS) is 1. The molecule has 4 nitrogen and oxygen atoms in total. The van der Waals surface area contributed by atoms with Gasteiger partial charge in [-0.1, -0.05) is 37.3 Å². The van der Waals surface area contributed by atoms with Crippen LogP contribution in [0.15, 0.2) is 48.5 Å². The molecule has 24 heavy (non-hydrogen) atoms. The van der Waals surface area contributed by atoms with Crippen molar-refractivity contribution < 1.29 is 9.90 Å². The molecule has 1 N–H and O–H groups in total. The molecule has 0 bridgehead atoms. The lowest BCUT2D eigenvalue weighted by molar-refractivity contribution is 0.0690. The Labute approximate surface area is 141 Å². The zero-order valence-corrected chi connectivity index (χ0v) is 14.1. The van der Waals surface area contributed by atoms with E-state index >= 15 is 0 Å². The Kier molecular flexibility index (Phi) is 4.21. The minimum absolute atomic E-state index is 0.0451. The minimum atomic E-state index is -1.02. The van der Waals surface area contributed by atoms with E-state index in [1.54, 1.807) is 10.7 Å². The molecular weight excluding hydrogens is 300 g/mol. The molecule has 3 rings (SSSR count). The fourth-order valence-electron chi connectivity index (χ4n) is 2.87. The van der Waals surface area contributed by atoms with Crippen LogP contribution in [0.2, 0.25) is 0 Å². The maximum atomic E-state index is 11.4. The maximum Gasteiger partial charge on any atom is 0.356 e. The van der Waals surface area contributed by atoms with Crippen molar-refractivity contribution in [3.63, 3.8) is 0 Å². The normalized spacial score (nSPS) is 10.8. The molecule has 1 heterocycles. The third-order valence-electron chi connectivity index (χ3n) is 4.04. The van der Waals surface area contributed by atoms with Gasteiger partial charge in [0.1, 0.15) is 0 Å². The third-order valence-corrected chi connectivity index (χ3v) is 4.04. The summed E-state index contributed by atoms with van der Waals surface area (Å²) in [6.45, 7) is 6.15. The van der Waals surface area contributed by atoms with Gasteiger partial charge in [-0.2, -0.15) is 5.10 Å². The van der Waals surface area contributed by atoms with Crippen LogP contribution in [-0.2, 0) is 6.42 Å². The van der Waals surface area contributed by atoms with Crippen molar-refractivity contribution >= 4 is 5.97 Å². The number of hydrogen-bond acceptors (Lipinski definition) is 2. The molecule has 0 fully saturated rings. The average Bonchev–Trinajstić information content (AvgIpc) is 2.99. The molecule has 0 radical (unpaired) electrons. The van der Waals surface area contributed by atoms with Gasteiger partial charge in [0.25, 0.3) is 0 Å². The van der Waals surface area contributed by atoms with Crippen LogP contribution in [-0.4, -0.2) is 20.9 Å². The molecule has 0 saturated carbocycles. The SMILES string of the molecule is CCc1ccc(-c2cc(C(=O)O)nn2-c2cc(C)cc(C)c2)cc1. The first kappa shape index (κ1) is 16.0. The Morgan fingerprint density at radius 3 is 2.21 bits per heavy atom. The van der Waals surface area contributed by atoms with E-state index in [2.05, 4.69) is 30.2 Å². The van der Waals surface area contributed by atoms with E-state index in [-0.39, 0.29) is 5.69 Å². The monoisotopic (exact) mass is 320 g/mol. The van der Waals surface area contributed by atoms with Gasteiger partial charge in [-0.15, -0.1) is 0 Å². The Morgan fingerprint density at radius 1 is 1.04 bits per heavy atom. The third kappa shape index (κ3) is 3.08. The van der Waals surface area contributed by atoms with E-state index in [0.29, 0.717) is 0 Å². The summed E-state index contributed by atoms with van der Waals surface area (Å²) in [6, 6.07) is 15.9. The van der Waals surface area contributed by atoms with Gasteiger partial charge in [0.15, 0.2) is 5.69 Å². The van der Waals surface area contributed by atoms with E-state index in [0.717, 1.165) is 34.5 Å². The Hall–Kier alpha value is -2.88. The lowest BCUT2D eigenvalue weighted by Gasteiger charge is -2.10. The van der Waals surface area contributed by atoms with Crippen molar-refractivity contribution in [1.29, 1.82) is 0 Å². The summed E-state index contributed by atoms with van der Waals surface area (Å²) in [6.07, 6.45) is 0.969. The standard InChI is InChI=1S/C20H20N2O2/c1-4-15-5-7-16(8-6-15)19-12-18(20(23)24)21-22(19)17-10-13(2)9-14(3)11-17/h5-12H,4H2,1-3H3,(H,23,24). The number of carboxylic acids is 1. The van der Waals surface area contributed by atoms with Crippen LogP contribution in [0.5, 0.6) is 0 Å². The molecule has 0 spiro atoms. The van der Waals surface area contributed by atoms with E-state index in [1.165, 1.54) is 5.56 Å². The van der Waals surface area contributed by atoms with Crippen LogP contribution < -0.4 is 0 Å². The van der Waals surface area contributed by atoms with E-state index in [1.807, 2.05) is 38.1 Å². The average molecular weight is 320 g/mol. The summed E-state index contributed by atoms with van der Waals surface area (Å²) in [5, 5.41) is 13.6. The number of nitrogens with zero attached hydrogens (tertiary/aromatic N) is 2.